The molecule has 1 saturated heterocycles. The van der Waals surface area contributed by atoms with Crippen molar-refractivity contribution < 1.29 is 0 Å². The van der Waals surface area contributed by atoms with Gasteiger partial charge in [-0.05, 0) is 70.1 Å². The zero-order valence-electron chi connectivity index (χ0n) is 9.47. The van der Waals surface area contributed by atoms with Crippen molar-refractivity contribution in [2.24, 2.45) is 17.1 Å². The summed E-state index contributed by atoms with van der Waals surface area (Å²) < 4.78 is 0. The number of nitrogens with zero attached hydrogens (tertiary/aromatic N) is 1. The van der Waals surface area contributed by atoms with Gasteiger partial charge in [0, 0.05) is 0 Å². The highest BCUT2D eigenvalue weighted by molar-refractivity contribution is 4.91. The molecule has 2 rings (SSSR count). The molecule has 2 N–H and O–H groups in total. The molecule has 0 bridgehead atoms. The van der Waals surface area contributed by atoms with Crippen LogP contribution in [0, 0.1) is 11.3 Å². The Kier molecular flexibility index (Phi) is 3.13. The van der Waals surface area contributed by atoms with Crippen LogP contribution < -0.4 is 5.73 Å². The van der Waals surface area contributed by atoms with Gasteiger partial charge < -0.3 is 10.6 Å². The van der Waals surface area contributed by atoms with Gasteiger partial charge in [0.1, 0.15) is 0 Å². The minimum atomic E-state index is 0.570. The molecule has 82 valence electrons. The molecule has 14 heavy (non-hydrogen) atoms. The van der Waals surface area contributed by atoms with E-state index in [1.807, 2.05) is 0 Å². The Bertz CT molecular complexity index is 173. The van der Waals surface area contributed by atoms with Crippen LogP contribution in [0.2, 0.25) is 0 Å². The molecule has 0 atom stereocenters. The van der Waals surface area contributed by atoms with E-state index in [2.05, 4.69) is 11.9 Å². The third kappa shape index (κ3) is 2.12. The first-order valence-corrected chi connectivity index (χ1v) is 6.13. The van der Waals surface area contributed by atoms with E-state index in [9.17, 15) is 0 Å². The van der Waals surface area contributed by atoms with E-state index < -0.39 is 0 Å². The molecular weight excluding hydrogens is 172 g/mol. The van der Waals surface area contributed by atoms with Crippen LogP contribution in [0.3, 0.4) is 0 Å². The minimum Gasteiger partial charge on any atom is -0.330 e. The summed E-state index contributed by atoms with van der Waals surface area (Å²) in [6, 6.07) is 0. The van der Waals surface area contributed by atoms with E-state index in [-0.39, 0.29) is 0 Å². The van der Waals surface area contributed by atoms with Crippen molar-refractivity contribution in [2.75, 3.05) is 26.7 Å². The van der Waals surface area contributed by atoms with Gasteiger partial charge in [-0.3, -0.25) is 0 Å². The SMILES string of the molecule is CN1CCC(CC2(CN)CCC2)CC1. The van der Waals surface area contributed by atoms with E-state index in [0.717, 1.165) is 12.5 Å². The molecule has 2 fully saturated rings. The van der Waals surface area contributed by atoms with Crippen molar-refractivity contribution in [1.29, 1.82) is 0 Å². The number of nitrogens with two attached hydrogens (primary N) is 1. The Labute approximate surface area is 87.8 Å². The van der Waals surface area contributed by atoms with Gasteiger partial charge in [0.25, 0.3) is 0 Å². The Hall–Kier alpha value is -0.0800. The molecule has 0 aromatic rings. The average molecular weight is 196 g/mol. The summed E-state index contributed by atoms with van der Waals surface area (Å²) in [5.41, 5.74) is 6.47. The lowest BCUT2D eigenvalue weighted by molar-refractivity contribution is 0.0795. The fraction of sp³-hybridized carbons (Fsp3) is 1.00. The third-order valence-corrected chi connectivity index (χ3v) is 4.41. The predicted octanol–water partition coefficient (Wildman–Crippen LogP) is 1.85. The topological polar surface area (TPSA) is 29.3 Å². The van der Waals surface area contributed by atoms with Crippen LogP contribution in [-0.2, 0) is 0 Å². The van der Waals surface area contributed by atoms with E-state index in [1.165, 1.54) is 51.6 Å². The van der Waals surface area contributed by atoms with Crippen LogP contribution in [0.4, 0.5) is 0 Å². The number of hydrogen-bond acceptors (Lipinski definition) is 2. The van der Waals surface area contributed by atoms with Crippen molar-refractivity contribution in [2.45, 2.75) is 38.5 Å². The Morgan fingerprint density at radius 3 is 2.36 bits per heavy atom. The van der Waals surface area contributed by atoms with E-state index in [4.69, 9.17) is 5.73 Å². The van der Waals surface area contributed by atoms with Crippen molar-refractivity contribution in [3.05, 3.63) is 0 Å². The first kappa shape index (κ1) is 10.4. The molecule has 2 heteroatoms. The van der Waals surface area contributed by atoms with Gasteiger partial charge in [0.05, 0.1) is 0 Å². The summed E-state index contributed by atoms with van der Waals surface area (Å²) in [4.78, 5) is 2.45. The summed E-state index contributed by atoms with van der Waals surface area (Å²) >= 11 is 0. The minimum absolute atomic E-state index is 0.570. The maximum absolute atomic E-state index is 5.90. The molecule has 0 spiro atoms. The summed E-state index contributed by atoms with van der Waals surface area (Å²) in [7, 11) is 2.23. The highest BCUT2D eigenvalue weighted by Crippen LogP contribution is 2.46. The number of rotatable bonds is 3. The quantitative estimate of drug-likeness (QED) is 0.746. The van der Waals surface area contributed by atoms with Crippen LogP contribution in [-0.4, -0.2) is 31.6 Å². The molecule has 2 nitrogen and oxygen atoms in total. The second-order valence-corrected chi connectivity index (χ2v) is 5.51. The molecular formula is C12H24N2. The van der Waals surface area contributed by atoms with E-state index in [0.29, 0.717) is 5.41 Å². The third-order valence-electron chi connectivity index (χ3n) is 4.41. The first-order chi connectivity index (χ1) is 6.74. The molecule has 0 unspecified atom stereocenters. The van der Waals surface area contributed by atoms with Crippen molar-refractivity contribution in [3.8, 4) is 0 Å². The maximum atomic E-state index is 5.90. The fourth-order valence-electron chi connectivity index (χ4n) is 3.05. The lowest BCUT2D eigenvalue weighted by Crippen LogP contribution is -2.41. The second-order valence-electron chi connectivity index (χ2n) is 5.51. The summed E-state index contributed by atoms with van der Waals surface area (Å²) in [6.45, 7) is 3.52. The predicted molar refractivity (Wildman–Crippen MR) is 60.2 cm³/mol. The highest BCUT2D eigenvalue weighted by atomic mass is 15.1. The summed E-state index contributed by atoms with van der Waals surface area (Å²) in [6.07, 6.45) is 8.43. The second kappa shape index (κ2) is 4.19. The van der Waals surface area contributed by atoms with Gasteiger partial charge in [-0.25, -0.2) is 0 Å². The molecule has 0 aromatic heterocycles. The zero-order valence-corrected chi connectivity index (χ0v) is 9.47. The van der Waals surface area contributed by atoms with Gasteiger partial charge in [-0.1, -0.05) is 6.42 Å². The van der Waals surface area contributed by atoms with Crippen LogP contribution in [0.25, 0.3) is 0 Å². The molecule has 0 radical (unpaired) electrons. The van der Waals surface area contributed by atoms with Crippen LogP contribution >= 0.6 is 0 Å². The van der Waals surface area contributed by atoms with Gasteiger partial charge >= 0.3 is 0 Å². The van der Waals surface area contributed by atoms with Gasteiger partial charge in [-0.2, -0.15) is 0 Å². The standard InChI is InChI=1S/C12H24N2/c1-14-7-3-11(4-8-14)9-12(10-13)5-2-6-12/h11H,2-10,13H2,1H3. The van der Waals surface area contributed by atoms with Gasteiger partial charge in [0.15, 0.2) is 0 Å². The molecule has 0 amide bonds. The monoisotopic (exact) mass is 196 g/mol. The lowest BCUT2D eigenvalue weighted by atomic mass is 9.63. The largest absolute Gasteiger partial charge is 0.330 e. The normalized spacial score (nSPS) is 28.7. The summed E-state index contributed by atoms with van der Waals surface area (Å²) in [5, 5.41) is 0. The van der Waals surface area contributed by atoms with Crippen LogP contribution in [0.15, 0.2) is 0 Å². The van der Waals surface area contributed by atoms with Crippen molar-refractivity contribution in [3.63, 3.8) is 0 Å². The first-order valence-electron chi connectivity index (χ1n) is 6.13. The van der Waals surface area contributed by atoms with Crippen molar-refractivity contribution in [1.82, 2.24) is 4.90 Å². The zero-order chi connectivity index (χ0) is 10.0. The molecule has 1 heterocycles. The Morgan fingerprint density at radius 2 is 1.93 bits per heavy atom. The van der Waals surface area contributed by atoms with Gasteiger partial charge in [-0.15, -0.1) is 0 Å². The maximum Gasteiger partial charge on any atom is -0.00191 e. The van der Waals surface area contributed by atoms with E-state index >= 15 is 0 Å². The van der Waals surface area contributed by atoms with Gasteiger partial charge in [0.2, 0.25) is 0 Å². The molecule has 0 aromatic carbocycles. The number of hydrogen-bond donors (Lipinski definition) is 1. The molecule has 2 aliphatic rings. The van der Waals surface area contributed by atoms with Crippen LogP contribution in [0.5, 0.6) is 0 Å². The average Bonchev–Trinajstić information content (AvgIpc) is 2.15. The summed E-state index contributed by atoms with van der Waals surface area (Å²) in [5.74, 6) is 0.968. The van der Waals surface area contributed by atoms with Crippen LogP contribution in [0.1, 0.15) is 38.5 Å². The smallest absolute Gasteiger partial charge is 0.00191 e. The van der Waals surface area contributed by atoms with Crippen molar-refractivity contribution >= 4 is 0 Å². The molecule has 1 aliphatic carbocycles. The lowest BCUT2D eigenvalue weighted by Gasteiger charge is -2.44. The number of likely N-dealkylation sites (tertiary alicyclic amines) is 1. The molecule has 1 aliphatic heterocycles. The fourth-order valence-corrected chi connectivity index (χ4v) is 3.05. The number of piperidine rings is 1. The molecule has 1 saturated carbocycles. The Morgan fingerprint density at radius 1 is 1.29 bits per heavy atom. The Balaban J connectivity index is 1.79. The van der Waals surface area contributed by atoms with E-state index in [1.54, 1.807) is 0 Å². The highest BCUT2D eigenvalue weighted by Gasteiger charge is 2.37.